The van der Waals surface area contributed by atoms with Crippen LogP contribution in [0, 0.1) is 0 Å². The van der Waals surface area contributed by atoms with Crippen molar-refractivity contribution in [1.82, 2.24) is 14.9 Å². The molecule has 4 heterocycles. The van der Waals surface area contributed by atoms with E-state index in [1.54, 1.807) is 29.4 Å². The largest absolute Gasteiger partial charge is 0.459 e. The molecule has 0 radical (unpaired) electrons. The third kappa shape index (κ3) is 3.50. The number of nitrogens with zero attached hydrogens (tertiary/aromatic N) is 3. The first-order valence-electron chi connectivity index (χ1n) is 8.55. The maximum atomic E-state index is 12.5. The first-order chi connectivity index (χ1) is 12.8. The second-order valence-corrected chi connectivity index (χ2v) is 6.24. The Kier molecular flexibility index (Phi) is 4.75. The summed E-state index contributed by atoms with van der Waals surface area (Å²) < 4.78 is 11.1. The molecule has 0 spiro atoms. The molecule has 0 aliphatic carbocycles. The molecule has 1 aliphatic rings. The standard InChI is InChI=1S/C20H19N3O3/c24-20(19-4-2-8-26-19)23-7-5-18-16(12-23)10-22-11-17(18)14-25-13-15-3-1-6-21-9-15/h1-4,6,8-11H,5,7,12-14H2. The fraction of sp³-hybridized carbons (Fsp3) is 0.250. The van der Waals surface area contributed by atoms with Gasteiger partial charge in [0.05, 0.1) is 19.5 Å². The van der Waals surface area contributed by atoms with E-state index in [1.165, 1.54) is 11.8 Å². The molecular formula is C20H19N3O3. The van der Waals surface area contributed by atoms with Gasteiger partial charge in [0.2, 0.25) is 0 Å². The molecule has 0 unspecified atom stereocenters. The van der Waals surface area contributed by atoms with Crippen LogP contribution in [0.2, 0.25) is 0 Å². The molecule has 3 aromatic heterocycles. The van der Waals surface area contributed by atoms with Crippen LogP contribution in [-0.4, -0.2) is 27.3 Å². The number of carbonyl (C=O) groups excluding carboxylic acids is 1. The van der Waals surface area contributed by atoms with Crippen LogP contribution in [0.4, 0.5) is 0 Å². The fourth-order valence-electron chi connectivity index (χ4n) is 3.18. The zero-order valence-corrected chi connectivity index (χ0v) is 14.3. The van der Waals surface area contributed by atoms with Crippen molar-refractivity contribution in [2.45, 2.75) is 26.2 Å². The lowest BCUT2D eigenvalue weighted by atomic mass is 9.97. The summed E-state index contributed by atoms with van der Waals surface area (Å²) in [7, 11) is 0. The first-order valence-corrected chi connectivity index (χ1v) is 8.55. The van der Waals surface area contributed by atoms with Gasteiger partial charge in [0.25, 0.3) is 5.91 Å². The summed E-state index contributed by atoms with van der Waals surface area (Å²) in [5, 5.41) is 0. The van der Waals surface area contributed by atoms with Crippen molar-refractivity contribution in [1.29, 1.82) is 0 Å². The van der Waals surface area contributed by atoms with Crippen LogP contribution in [0.3, 0.4) is 0 Å². The molecule has 0 N–H and O–H groups in total. The average Bonchev–Trinajstić information content (AvgIpc) is 3.23. The predicted octanol–water partition coefficient (Wildman–Crippen LogP) is 2.98. The minimum Gasteiger partial charge on any atom is -0.459 e. The van der Waals surface area contributed by atoms with E-state index in [1.807, 2.05) is 24.5 Å². The zero-order valence-electron chi connectivity index (χ0n) is 14.3. The van der Waals surface area contributed by atoms with E-state index in [4.69, 9.17) is 9.15 Å². The van der Waals surface area contributed by atoms with Gasteiger partial charge >= 0.3 is 0 Å². The van der Waals surface area contributed by atoms with Crippen LogP contribution in [0.5, 0.6) is 0 Å². The number of ether oxygens (including phenoxy) is 1. The molecule has 0 saturated heterocycles. The second-order valence-electron chi connectivity index (χ2n) is 6.24. The van der Waals surface area contributed by atoms with Gasteiger partial charge < -0.3 is 14.1 Å². The van der Waals surface area contributed by atoms with Crippen molar-refractivity contribution in [3.63, 3.8) is 0 Å². The number of rotatable bonds is 5. The number of pyridine rings is 2. The highest BCUT2D eigenvalue weighted by Crippen LogP contribution is 2.23. The van der Waals surface area contributed by atoms with Gasteiger partial charge in [0.1, 0.15) is 0 Å². The van der Waals surface area contributed by atoms with E-state index in [-0.39, 0.29) is 5.91 Å². The summed E-state index contributed by atoms with van der Waals surface area (Å²) in [6.45, 7) is 2.21. The number of aromatic nitrogens is 2. The fourth-order valence-corrected chi connectivity index (χ4v) is 3.18. The van der Waals surface area contributed by atoms with Gasteiger partial charge in [-0.3, -0.25) is 14.8 Å². The highest BCUT2D eigenvalue weighted by atomic mass is 16.5. The SMILES string of the molecule is O=C(c1ccco1)N1CCc2c(COCc3cccnc3)cncc2C1. The lowest BCUT2D eigenvalue weighted by molar-refractivity contribution is 0.0699. The van der Waals surface area contributed by atoms with Gasteiger partial charge in [-0.25, -0.2) is 0 Å². The maximum Gasteiger partial charge on any atom is 0.289 e. The number of fused-ring (bicyclic) bond motifs is 1. The first kappa shape index (κ1) is 16.5. The summed E-state index contributed by atoms with van der Waals surface area (Å²) in [4.78, 5) is 22.7. The van der Waals surface area contributed by atoms with Gasteiger partial charge in [0.15, 0.2) is 5.76 Å². The van der Waals surface area contributed by atoms with E-state index in [0.29, 0.717) is 32.1 Å². The third-order valence-corrected chi connectivity index (χ3v) is 4.50. The number of hydrogen-bond donors (Lipinski definition) is 0. The van der Waals surface area contributed by atoms with E-state index in [9.17, 15) is 4.79 Å². The van der Waals surface area contributed by atoms with Gasteiger partial charge in [-0.1, -0.05) is 6.07 Å². The molecule has 6 heteroatoms. The third-order valence-electron chi connectivity index (χ3n) is 4.50. The minimum atomic E-state index is -0.0844. The van der Waals surface area contributed by atoms with Crippen molar-refractivity contribution in [2.75, 3.05) is 6.54 Å². The molecule has 0 atom stereocenters. The monoisotopic (exact) mass is 349 g/mol. The molecule has 0 saturated carbocycles. The van der Waals surface area contributed by atoms with E-state index in [0.717, 1.165) is 23.1 Å². The number of carbonyl (C=O) groups is 1. The molecule has 1 aliphatic heterocycles. The lowest BCUT2D eigenvalue weighted by Crippen LogP contribution is -2.36. The van der Waals surface area contributed by atoms with Crippen molar-refractivity contribution >= 4 is 5.91 Å². The summed E-state index contributed by atoms with van der Waals surface area (Å²) in [6.07, 6.45) is 9.54. The number of amides is 1. The topological polar surface area (TPSA) is 68.5 Å². The molecule has 0 bridgehead atoms. The van der Waals surface area contributed by atoms with Crippen LogP contribution in [0.15, 0.2) is 59.7 Å². The van der Waals surface area contributed by atoms with Crippen LogP contribution in [0.1, 0.15) is 32.8 Å². The molecule has 0 aromatic carbocycles. The van der Waals surface area contributed by atoms with Crippen LogP contribution in [0.25, 0.3) is 0 Å². The van der Waals surface area contributed by atoms with Gasteiger partial charge in [0, 0.05) is 37.9 Å². The Bertz CT molecular complexity index is 879. The average molecular weight is 349 g/mol. The highest BCUT2D eigenvalue weighted by molar-refractivity contribution is 5.91. The molecule has 1 amide bonds. The molecule has 6 nitrogen and oxygen atoms in total. The van der Waals surface area contributed by atoms with Gasteiger partial charge in [-0.15, -0.1) is 0 Å². The van der Waals surface area contributed by atoms with Crippen molar-refractivity contribution in [2.24, 2.45) is 0 Å². The molecule has 0 fully saturated rings. The lowest BCUT2D eigenvalue weighted by Gasteiger charge is -2.29. The van der Waals surface area contributed by atoms with Gasteiger partial charge in [-0.2, -0.15) is 0 Å². The van der Waals surface area contributed by atoms with Crippen LogP contribution < -0.4 is 0 Å². The zero-order chi connectivity index (χ0) is 17.8. The Hall–Kier alpha value is -2.99. The Labute approximate surface area is 151 Å². The van der Waals surface area contributed by atoms with Crippen molar-refractivity contribution in [3.05, 3.63) is 83.3 Å². The molecule has 4 rings (SSSR count). The normalized spacial score (nSPS) is 13.5. The summed E-state index contributed by atoms with van der Waals surface area (Å²) in [6, 6.07) is 7.31. The van der Waals surface area contributed by atoms with E-state index >= 15 is 0 Å². The Morgan fingerprint density at radius 3 is 2.92 bits per heavy atom. The van der Waals surface area contributed by atoms with E-state index in [2.05, 4.69) is 9.97 Å². The molecule has 26 heavy (non-hydrogen) atoms. The quantitative estimate of drug-likeness (QED) is 0.708. The minimum absolute atomic E-state index is 0.0844. The Morgan fingerprint density at radius 2 is 2.12 bits per heavy atom. The molecular weight excluding hydrogens is 330 g/mol. The maximum absolute atomic E-state index is 12.5. The summed E-state index contributed by atoms with van der Waals surface area (Å²) in [5.74, 6) is 0.288. The predicted molar refractivity (Wildman–Crippen MR) is 94.1 cm³/mol. The number of furan rings is 1. The Balaban J connectivity index is 1.42. The van der Waals surface area contributed by atoms with Crippen LogP contribution >= 0.6 is 0 Å². The van der Waals surface area contributed by atoms with Crippen molar-refractivity contribution < 1.29 is 13.9 Å². The summed E-state index contributed by atoms with van der Waals surface area (Å²) in [5.41, 5.74) is 4.42. The van der Waals surface area contributed by atoms with Crippen LogP contribution in [-0.2, 0) is 30.9 Å². The smallest absolute Gasteiger partial charge is 0.289 e. The highest BCUT2D eigenvalue weighted by Gasteiger charge is 2.25. The molecule has 3 aromatic rings. The second kappa shape index (κ2) is 7.49. The Morgan fingerprint density at radius 1 is 1.15 bits per heavy atom. The number of hydrogen-bond acceptors (Lipinski definition) is 5. The van der Waals surface area contributed by atoms with Crippen molar-refractivity contribution in [3.8, 4) is 0 Å². The summed E-state index contributed by atoms with van der Waals surface area (Å²) >= 11 is 0. The van der Waals surface area contributed by atoms with E-state index < -0.39 is 0 Å². The molecule has 132 valence electrons. The van der Waals surface area contributed by atoms with Gasteiger partial charge in [-0.05, 0) is 46.9 Å².